The second kappa shape index (κ2) is 6.63. The van der Waals surface area contributed by atoms with E-state index in [4.69, 9.17) is 4.74 Å². The van der Waals surface area contributed by atoms with Gasteiger partial charge in [-0.1, -0.05) is 12.1 Å². The summed E-state index contributed by atoms with van der Waals surface area (Å²) in [5.41, 5.74) is 2.59. The summed E-state index contributed by atoms with van der Waals surface area (Å²) in [7, 11) is 7.84. The second-order valence-electron chi connectivity index (χ2n) is 7.40. The van der Waals surface area contributed by atoms with E-state index in [1.165, 1.54) is 30.4 Å². The van der Waals surface area contributed by atoms with E-state index in [-0.39, 0.29) is 17.6 Å². The third-order valence-corrected chi connectivity index (χ3v) is 5.86. The summed E-state index contributed by atoms with van der Waals surface area (Å²) < 4.78 is 5.44. The Morgan fingerprint density at radius 3 is 2.67 bits per heavy atom. The van der Waals surface area contributed by atoms with E-state index in [0.29, 0.717) is 0 Å². The van der Waals surface area contributed by atoms with Crippen molar-refractivity contribution in [2.75, 3.05) is 34.8 Å². The molecule has 2 amide bonds. The van der Waals surface area contributed by atoms with Crippen LogP contribution in [0, 0.1) is 0 Å². The second-order valence-corrected chi connectivity index (χ2v) is 7.40. The molecule has 1 saturated carbocycles. The number of fused-ring (bicyclic) bond motifs is 1. The van der Waals surface area contributed by atoms with E-state index in [9.17, 15) is 4.79 Å². The SMILES string of the molecule is COc1cccc2c1CC[C@@H]2NC(=O)N(C)CC1(N(C)C)CCC1. The van der Waals surface area contributed by atoms with Crippen molar-refractivity contribution in [1.29, 1.82) is 0 Å². The Morgan fingerprint density at radius 2 is 2.08 bits per heavy atom. The molecule has 0 aliphatic heterocycles. The number of methoxy groups -OCH3 is 1. The van der Waals surface area contributed by atoms with Crippen LogP contribution in [0.15, 0.2) is 18.2 Å². The van der Waals surface area contributed by atoms with Crippen LogP contribution in [-0.2, 0) is 6.42 Å². The molecule has 0 saturated heterocycles. The van der Waals surface area contributed by atoms with Crippen LogP contribution < -0.4 is 10.1 Å². The van der Waals surface area contributed by atoms with Crippen LogP contribution in [0.3, 0.4) is 0 Å². The number of amides is 2. The molecule has 0 unspecified atom stereocenters. The first-order chi connectivity index (χ1) is 11.5. The number of hydrogen-bond donors (Lipinski definition) is 1. The van der Waals surface area contributed by atoms with Gasteiger partial charge in [0.05, 0.1) is 13.2 Å². The molecule has 3 rings (SSSR count). The summed E-state index contributed by atoms with van der Waals surface area (Å²) in [5.74, 6) is 0.929. The summed E-state index contributed by atoms with van der Waals surface area (Å²) in [6.45, 7) is 0.781. The summed E-state index contributed by atoms with van der Waals surface area (Å²) in [6, 6.07) is 6.20. The van der Waals surface area contributed by atoms with E-state index >= 15 is 0 Å². The number of rotatable bonds is 5. The molecule has 0 bridgehead atoms. The zero-order chi connectivity index (χ0) is 17.3. The van der Waals surface area contributed by atoms with Crippen LogP contribution in [0.5, 0.6) is 5.75 Å². The van der Waals surface area contributed by atoms with Gasteiger partial charge in [-0.25, -0.2) is 4.79 Å². The Kier molecular flexibility index (Phi) is 4.72. The highest BCUT2D eigenvalue weighted by molar-refractivity contribution is 5.75. The first-order valence-electron chi connectivity index (χ1n) is 8.82. The lowest BCUT2D eigenvalue weighted by molar-refractivity contribution is 0.0360. The summed E-state index contributed by atoms with van der Waals surface area (Å²) >= 11 is 0. The standard InChI is InChI=1S/C19H29N3O2/c1-21(2)19(11-6-12-19)13-22(3)18(23)20-16-10-9-15-14(16)7-5-8-17(15)24-4/h5,7-8,16H,6,9-13H2,1-4H3,(H,20,23)/t16-/m0/s1. The lowest BCUT2D eigenvalue weighted by Crippen LogP contribution is -2.58. The molecule has 1 N–H and O–H groups in total. The van der Waals surface area contributed by atoms with Crippen LogP contribution in [-0.4, -0.2) is 56.2 Å². The Bertz CT molecular complexity index is 611. The van der Waals surface area contributed by atoms with Crippen LogP contribution in [0.1, 0.15) is 42.9 Å². The molecule has 24 heavy (non-hydrogen) atoms. The van der Waals surface area contributed by atoms with Gasteiger partial charge in [0.1, 0.15) is 5.75 Å². The largest absolute Gasteiger partial charge is 0.496 e. The Morgan fingerprint density at radius 1 is 1.33 bits per heavy atom. The van der Waals surface area contributed by atoms with Gasteiger partial charge in [0, 0.05) is 19.1 Å². The lowest BCUT2D eigenvalue weighted by Gasteiger charge is -2.49. The van der Waals surface area contributed by atoms with Crippen molar-refractivity contribution in [1.82, 2.24) is 15.1 Å². The predicted octanol–water partition coefficient (Wildman–Crippen LogP) is 2.81. The number of nitrogens with one attached hydrogen (secondary N) is 1. The van der Waals surface area contributed by atoms with E-state index < -0.39 is 0 Å². The number of ether oxygens (including phenoxy) is 1. The van der Waals surface area contributed by atoms with E-state index in [1.54, 1.807) is 7.11 Å². The molecule has 5 heteroatoms. The molecule has 1 atom stereocenters. The molecule has 0 heterocycles. The average molecular weight is 331 g/mol. The Labute approximate surface area is 145 Å². The molecular formula is C19H29N3O2. The molecule has 132 valence electrons. The van der Waals surface area contributed by atoms with Gasteiger partial charge in [-0.05, 0) is 63.4 Å². The highest BCUT2D eigenvalue weighted by Crippen LogP contribution is 2.38. The van der Waals surface area contributed by atoms with Gasteiger partial charge in [0.25, 0.3) is 0 Å². The fraction of sp³-hybridized carbons (Fsp3) is 0.632. The van der Waals surface area contributed by atoms with E-state index in [0.717, 1.165) is 25.1 Å². The third kappa shape index (κ3) is 2.97. The van der Waals surface area contributed by atoms with Gasteiger partial charge in [-0.2, -0.15) is 0 Å². The number of urea groups is 1. The van der Waals surface area contributed by atoms with Gasteiger partial charge in [-0.3, -0.25) is 0 Å². The maximum atomic E-state index is 12.7. The monoisotopic (exact) mass is 331 g/mol. The average Bonchev–Trinajstić information content (AvgIpc) is 2.93. The molecule has 0 spiro atoms. The van der Waals surface area contributed by atoms with Crippen molar-refractivity contribution in [2.24, 2.45) is 0 Å². The molecule has 1 fully saturated rings. The molecule has 5 nitrogen and oxygen atoms in total. The van der Waals surface area contributed by atoms with Crippen molar-refractivity contribution >= 4 is 6.03 Å². The minimum Gasteiger partial charge on any atom is -0.496 e. The van der Waals surface area contributed by atoms with Gasteiger partial charge < -0.3 is 19.9 Å². The first kappa shape index (κ1) is 17.1. The molecule has 2 aliphatic rings. The van der Waals surface area contributed by atoms with Crippen LogP contribution >= 0.6 is 0 Å². The Hall–Kier alpha value is -1.75. The third-order valence-electron chi connectivity index (χ3n) is 5.86. The number of carbonyl (C=O) groups is 1. The van der Waals surface area contributed by atoms with Crippen LogP contribution in [0.4, 0.5) is 4.79 Å². The van der Waals surface area contributed by atoms with Crippen LogP contribution in [0.25, 0.3) is 0 Å². The van der Waals surface area contributed by atoms with E-state index in [1.807, 2.05) is 24.1 Å². The fourth-order valence-corrected chi connectivity index (χ4v) is 4.07. The van der Waals surface area contributed by atoms with Crippen molar-refractivity contribution in [3.05, 3.63) is 29.3 Å². The van der Waals surface area contributed by atoms with Gasteiger partial charge in [0.15, 0.2) is 0 Å². The van der Waals surface area contributed by atoms with Crippen LogP contribution in [0.2, 0.25) is 0 Å². The van der Waals surface area contributed by atoms with Crippen molar-refractivity contribution in [2.45, 2.75) is 43.7 Å². The summed E-state index contributed by atoms with van der Waals surface area (Å²) in [6.07, 6.45) is 5.48. The van der Waals surface area contributed by atoms with E-state index in [2.05, 4.69) is 30.4 Å². The van der Waals surface area contributed by atoms with Gasteiger partial charge >= 0.3 is 6.03 Å². The number of likely N-dealkylation sites (N-methyl/N-ethyl adjacent to an activating group) is 2. The van der Waals surface area contributed by atoms with Crippen molar-refractivity contribution < 1.29 is 9.53 Å². The summed E-state index contributed by atoms with van der Waals surface area (Å²) in [4.78, 5) is 16.8. The maximum Gasteiger partial charge on any atom is 0.317 e. The number of benzene rings is 1. The highest BCUT2D eigenvalue weighted by atomic mass is 16.5. The lowest BCUT2D eigenvalue weighted by atomic mass is 9.75. The molecule has 1 aromatic rings. The molecule has 0 radical (unpaired) electrons. The molecule has 0 aromatic heterocycles. The normalized spacial score (nSPS) is 21.1. The number of nitrogens with zero attached hydrogens (tertiary/aromatic N) is 2. The zero-order valence-electron chi connectivity index (χ0n) is 15.3. The fourth-order valence-electron chi connectivity index (χ4n) is 4.07. The number of hydrogen-bond acceptors (Lipinski definition) is 3. The summed E-state index contributed by atoms with van der Waals surface area (Å²) in [5, 5.41) is 3.21. The Balaban J connectivity index is 1.64. The van der Waals surface area contributed by atoms with Gasteiger partial charge in [-0.15, -0.1) is 0 Å². The topological polar surface area (TPSA) is 44.8 Å². The molecule has 1 aromatic carbocycles. The number of carbonyl (C=O) groups excluding carboxylic acids is 1. The molecule has 2 aliphatic carbocycles. The van der Waals surface area contributed by atoms with Gasteiger partial charge in [0.2, 0.25) is 0 Å². The minimum absolute atomic E-state index is 0.0174. The minimum atomic E-state index is 0.0174. The van der Waals surface area contributed by atoms with Crippen molar-refractivity contribution in [3.8, 4) is 5.75 Å². The smallest absolute Gasteiger partial charge is 0.317 e. The maximum absolute atomic E-state index is 12.7. The predicted molar refractivity (Wildman–Crippen MR) is 95.5 cm³/mol. The highest BCUT2D eigenvalue weighted by Gasteiger charge is 2.41. The first-order valence-corrected chi connectivity index (χ1v) is 8.82. The van der Waals surface area contributed by atoms with Crippen molar-refractivity contribution in [3.63, 3.8) is 0 Å². The quantitative estimate of drug-likeness (QED) is 0.902. The molecular weight excluding hydrogens is 302 g/mol. The zero-order valence-corrected chi connectivity index (χ0v) is 15.3.